The minimum atomic E-state index is -3.50. The van der Waals surface area contributed by atoms with Gasteiger partial charge in [0.2, 0.25) is 10.0 Å². The van der Waals surface area contributed by atoms with Gasteiger partial charge in [-0.25, -0.2) is 12.8 Å². The van der Waals surface area contributed by atoms with Gasteiger partial charge in [0.05, 0.1) is 4.90 Å². The average molecular weight is 422 g/mol. The zero-order valence-electron chi connectivity index (χ0n) is 15.9. The zero-order chi connectivity index (χ0) is 20.3. The van der Waals surface area contributed by atoms with E-state index >= 15 is 0 Å². The van der Waals surface area contributed by atoms with E-state index in [0.717, 1.165) is 6.42 Å². The molecule has 1 aliphatic heterocycles. The Hall–Kier alpha value is -2.03. The molecule has 28 heavy (non-hydrogen) atoms. The molecular formula is C20H24FN3O2S2. The van der Waals surface area contributed by atoms with E-state index in [2.05, 4.69) is 24.5 Å². The quantitative estimate of drug-likeness (QED) is 0.721. The van der Waals surface area contributed by atoms with Crippen LogP contribution in [0.5, 0.6) is 0 Å². The number of piperidine rings is 1. The lowest BCUT2D eigenvalue weighted by Crippen LogP contribution is -2.42. The molecule has 1 aliphatic rings. The van der Waals surface area contributed by atoms with Gasteiger partial charge in [0.25, 0.3) is 0 Å². The molecule has 0 unspecified atom stereocenters. The number of nitrogens with one attached hydrogen (secondary N) is 2. The molecule has 150 valence electrons. The highest BCUT2D eigenvalue weighted by molar-refractivity contribution is 7.89. The molecule has 8 heteroatoms. The van der Waals surface area contributed by atoms with Crippen molar-refractivity contribution in [1.29, 1.82) is 0 Å². The fraction of sp³-hybridized carbons (Fsp3) is 0.350. The van der Waals surface area contributed by atoms with Gasteiger partial charge in [-0.15, -0.1) is 0 Å². The third kappa shape index (κ3) is 5.06. The van der Waals surface area contributed by atoms with Crippen molar-refractivity contribution in [2.24, 2.45) is 11.8 Å². The molecule has 0 spiro atoms. The normalized spacial score (nSPS) is 20.5. The minimum Gasteiger partial charge on any atom is -0.332 e. The molecule has 0 amide bonds. The fourth-order valence-electron chi connectivity index (χ4n) is 3.49. The van der Waals surface area contributed by atoms with Crippen LogP contribution in [0.4, 0.5) is 15.8 Å². The molecule has 1 saturated heterocycles. The number of hydrogen-bond acceptors (Lipinski definition) is 3. The summed E-state index contributed by atoms with van der Waals surface area (Å²) in [6, 6.07) is 12.4. The molecule has 2 N–H and O–H groups in total. The minimum absolute atomic E-state index is 0.275. The Morgan fingerprint density at radius 2 is 1.43 bits per heavy atom. The predicted octanol–water partition coefficient (Wildman–Crippen LogP) is 4.30. The molecule has 1 heterocycles. The lowest BCUT2D eigenvalue weighted by molar-refractivity contribution is 0.222. The lowest BCUT2D eigenvalue weighted by atomic mass is 9.94. The fourth-order valence-corrected chi connectivity index (χ4v) is 5.40. The Morgan fingerprint density at radius 1 is 0.964 bits per heavy atom. The summed E-state index contributed by atoms with van der Waals surface area (Å²) < 4.78 is 40.4. The summed E-state index contributed by atoms with van der Waals surface area (Å²) in [5.74, 6) is 0.391. The molecule has 0 radical (unpaired) electrons. The van der Waals surface area contributed by atoms with Crippen molar-refractivity contribution in [3.8, 4) is 0 Å². The van der Waals surface area contributed by atoms with E-state index in [4.69, 9.17) is 12.2 Å². The Morgan fingerprint density at radius 3 is 1.93 bits per heavy atom. The summed E-state index contributed by atoms with van der Waals surface area (Å²) in [6.45, 7) is 5.28. The number of rotatable bonds is 4. The van der Waals surface area contributed by atoms with Crippen LogP contribution in [-0.2, 0) is 10.0 Å². The van der Waals surface area contributed by atoms with Gasteiger partial charge in [-0.05, 0) is 79.0 Å². The number of anilines is 2. The highest BCUT2D eigenvalue weighted by Gasteiger charge is 2.31. The van der Waals surface area contributed by atoms with Crippen LogP contribution >= 0.6 is 12.2 Å². The van der Waals surface area contributed by atoms with Crippen LogP contribution in [0.15, 0.2) is 53.4 Å². The highest BCUT2D eigenvalue weighted by Crippen LogP contribution is 2.27. The number of hydrogen-bond donors (Lipinski definition) is 2. The van der Waals surface area contributed by atoms with E-state index in [0.29, 0.717) is 41.4 Å². The molecule has 0 bridgehead atoms. The van der Waals surface area contributed by atoms with E-state index in [1.807, 2.05) is 0 Å². The van der Waals surface area contributed by atoms with E-state index in [-0.39, 0.29) is 10.7 Å². The largest absolute Gasteiger partial charge is 0.332 e. The maximum Gasteiger partial charge on any atom is 0.243 e. The molecule has 2 aromatic rings. The topological polar surface area (TPSA) is 61.4 Å². The van der Waals surface area contributed by atoms with Gasteiger partial charge >= 0.3 is 0 Å². The number of halogens is 1. The summed E-state index contributed by atoms with van der Waals surface area (Å²) in [5, 5.41) is 6.28. The molecular weight excluding hydrogens is 397 g/mol. The smallest absolute Gasteiger partial charge is 0.243 e. The third-order valence-corrected chi connectivity index (χ3v) is 6.74. The van der Waals surface area contributed by atoms with Crippen molar-refractivity contribution in [3.63, 3.8) is 0 Å². The first-order valence-electron chi connectivity index (χ1n) is 9.18. The maximum absolute atomic E-state index is 13.0. The van der Waals surface area contributed by atoms with E-state index < -0.39 is 10.0 Å². The monoisotopic (exact) mass is 421 g/mol. The number of sulfonamides is 1. The zero-order valence-corrected chi connectivity index (χ0v) is 17.5. The maximum atomic E-state index is 13.0. The second kappa shape index (κ2) is 8.55. The van der Waals surface area contributed by atoms with Crippen LogP contribution in [0, 0.1) is 17.7 Å². The van der Waals surface area contributed by atoms with E-state index in [1.54, 1.807) is 40.7 Å². The van der Waals surface area contributed by atoms with E-state index in [1.165, 1.54) is 12.1 Å². The Labute approximate surface area is 171 Å². The van der Waals surface area contributed by atoms with Crippen molar-refractivity contribution in [3.05, 3.63) is 54.3 Å². The van der Waals surface area contributed by atoms with Crippen LogP contribution in [-0.4, -0.2) is 30.9 Å². The van der Waals surface area contributed by atoms with Crippen molar-refractivity contribution in [2.45, 2.75) is 25.2 Å². The molecule has 5 nitrogen and oxygen atoms in total. The number of nitrogens with zero attached hydrogens (tertiary/aromatic N) is 1. The first kappa shape index (κ1) is 20.7. The van der Waals surface area contributed by atoms with Crippen molar-refractivity contribution < 1.29 is 12.8 Å². The van der Waals surface area contributed by atoms with Crippen LogP contribution < -0.4 is 10.6 Å². The van der Waals surface area contributed by atoms with Crippen molar-refractivity contribution in [2.75, 3.05) is 23.7 Å². The van der Waals surface area contributed by atoms with Gasteiger partial charge in [-0.2, -0.15) is 4.31 Å². The standard InChI is InChI=1S/C20H24FN3O2S2/c1-14-11-15(2)13-24(12-14)28(25,26)19-9-7-18(8-10-19)23-20(27)22-17-5-3-16(21)4-6-17/h3-10,14-15H,11-13H2,1-2H3,(H2,22,23,27)/t14-,15-/m0/s1. The Kier molecular flexibility index (Phi) is 6.32. The molecule has 0 saturated carbocycles. The number of benzene rings is 2. The van der Waals surface area contributed by atoms with Crippen molar-refractivity contribution in [1.82, 2.24) is 4.31 Å². The predicted molar refractivity (Wildman–Crippen MR) is 114 cm³/mol. The van der Waals surface area contributed by atoms with Gasteiger partial charge in [0, 0.05) is 24.5 Å². The Balaban J connectivity index is 1.65. The Bertz CT molecular complexity index is 921. The van der Waals surface area contributed by atoms with Crippen LogP contribution in [0.1, 0.15) is 20.3 Å². The molecule has 0 aromatic heterocycles. The van der Waals surface area contributed by atoms with Gasteiger partial charge in [-0.1, -0.05) is 13.8 Å². The third-order valence-electron chi connectivity index (χ3n) is 4.69. The molecule has 2 atom stereocenters. The summed E-state index contributed by atoms with van der Waals surface area (Å²) >= 11 is 5.24. The molecule has 1 fully saturated rings. The molecule has 3 rings (SSSR count). The average Bonchev–Trinajstić information content (AvgIpc) is 2.63. The van der Waals surface area contributed by atoms with Gasteiger partial charge in [0.15, 0.2) is 5.11 Å². The van der Waals surface area contributed by atoms with Crippen LogP contribution in [0.3, 0.4) is 0 Å². The first-order valence-corrected chi connectivity index (χ1v) is 11.0. The van der Waals surface area contributed by atoms with Gasteiger partial charge in [-0.3, -0.25) is 0 Å². The van der Waals surface area contributed by atoms with Gasteiger partial charge < -0.3 is 10.6 Å². The highest BCUT2D eigenvalue weighted by atomic mass is 32.2. The number of thiocarbonyl (C=S) groups is 1. The molecule has 2 aromatic carbocycles. The summed E-state index contributed by atoms with van der Waals surface area (Å²) in [7, 11) is -3.50. The first-order chi connectivity index (χ1) is 13.2. The summed E-state index contributed by atoms with van der Waals surface area (Å²) in [6.07, 6.45) is 1.05. The summed E-state index contributed by atoms with van der Waals surface area (Å²) in [4.78, 5) is 0.275. The van der Waals surface area contributed by atoms with Crippen molar-refractivity contribution >= 4 is 38.7 Å². The van der Waals surface area contributed by atoms with Crippen LogP contribution in [0.2, 0.25) is 0 Å². The van der Waals surface area contributed by atoms with E-state index in [9.17, 15) is 12.8 Å². The SMILES string of the molecule is C[C@H]1C[C@H](C)CN(S(=O)(=O)c2ccc(NC(=S)Nc3ccc(F)cc3)cc2)C1. The van der Waals surface area contributed by atoms with Crippen LogP contribution in [0.25, 0.3) is 0 Å². The summed E-state index contributed by atoms with van der Waals surface area (Å²) in [5.41, 5.74) is 1.32. The van der Waals surface area contributed by atoms with Gasteiger partial charge in [0.1, 0.15) is 5.82 Å². The lowest BCUT2D eigenvalue weighted by Gasteiger charge is -2.34. The molecule has 0 aliphatic carbocycles. The second-order valence-corrected chi connectivity index (χ2v) is 9.72. The second-order valence-electron chi connectivity index (χ2n) is 7.38.